The van der Waals surface area contributed by atoms with E-state index in [4.69, 9.17) is 11.6 Å². The number of rotatable bonds is 6. The topological polar surface area (TPSA) is 71.1 Å². The molecule has 132 valence electrons. The van der Waals surface area contributed by atoms with Gasteiger partial charge in [0.05, 0.1) is 6.54 Å². The van der Waals surface area contributed by atoms with Crippen LogP contribution in [0.4, 0.5) is 5.13 Å². The summed E-state index contributed by atoms with van der Waals surface area (Å²) >= 11 is 7.38. The smallest absolute Gasteiger partial charge is 0.251 e. The van der Waals surface area contributed by atoms with Crippen molar-refractivity contribution in [2.75, 3.05) is 11.9 Å². The van der Waals surface area contributed by atoms with E-state index < -0.39 is 0 Å². The van der Waals surface area contributed by atoms with Gasteiger partial charge in [-0.05, 0) is 29.8 Å². The summed E-state index contributed by atoms with van der Waals surface area (Å²) in [5.41, 5.74) is 1.59. The van der Waals surface area contributed by atoms with Crippen molar-refractivity contribution in [1.29, 1.82) is 0 Å². The number of amides is 2. The molecule has 2 aromatic carbocycles. The lowest BCUT2D eigenvalue weighted by molar-refractivity contribution is -0.115. The summed E-state index contributed by atoms with van der Waals surface area (Å²) in [4.78, 5) is 29.1. The van der Waals surface area contributed by atoms with E-state index in [1.54, 1.807) is 30.5 Å². The van der Waals surface area contributed by atoms with Crippen molar-refractivity contribution in [1.82, 2.24) is 10.3 Å². The zero-order valence-electron chi connectivity index (χ0n) is 13.7. The number of aromatic nitrogens is 1. The van der Waals surface area contributed by atoms with Gasteiger partial charge in [-0.3, -0.25) is 9.59 Å². The number of carbonyl (C=O) groups is 2. The van der Waals surface area contributed by atoms with Crippen LogP contribution in [0.15, 0.2) is 60.8 Å². The summed E-state index contributed by atoms with van der Waals surface area (Å²) in [7, 11) is 0. The Morgan fingerprint density at radius 1 is 1.08 bits per heavy atom. The highest BCUT2D eigenvalue weighted by atomic mass is 35.5. The highest BCUT2D eigenvalue weighted by Gasteiger charge is 2.10. The molecule has 3 aromatic rings. The van der Waals surface area contributed by atoms with Gasteiger partial charge in [0.25, 0.3) is 5.91 Å². The van der Waals surface area contributed by atoms with Crippen LogP contribution in [0.2, 0.25) is 5.02 Å². The number of nitrogens with one attached hydrogen (secondary N) is 2. The average molecular weight is 386 g/mol. The van der Waals surface area contributed by atoms with Gasteiger partial charge in [-0.15, -0.1) is 11.3 Å². The van der Waals surface area contributed by atoms with Crippen LogP contribution in [0.25, 0.3) is 0 Å². The van der Waals surface area contributed by atoms with Crippen LogP contribution in [0, 0.1) is 0 Å². The Labute approximate surface area is 160 Å². The molecular weight excluding hydrogens is 370 g/mol. The monoisotopic (exact) mass is 385 g/mol. The largest absolute Gasteiger partial charge is 0.343 e. The van der Waals surface area contributed by atoms with Crippen LogP contribution < -0.4 is 10.6 Å². The van der Waals surface area contributed by atoms with Gasteiger partial charge >= 0.3 is 0 Å². The van der Waals surface area contributed by atoms with Crippen molar-refractivity contribution in [3.8, 4) is 0 Å². The van der Waals surface area contributed by atoms with Crippen LogP contribution in [-0.4, -0.2) is 23.3 Å². The first kappa shape index (κ1) is 18.1. The molecule has 0 saturated heterocycles. The third-order valence-corrected chi connectivity index (χ3v) is 4.66. The third-order valence-electron chi connectivity index (χ3n) is 3.51. The fourth-order valence-electron chi connectivity index (χ4n) is 2.31. The maximum Gasteiger partial charge on any atom is 0.251 e. The standard InChI is InChI=1S/C19H16ClN3O2S/c20-15-8-4-5-13(9-15)10-16-11-22-19(26-16)23-17(24)12-21-18(25)14-6-2-1-3-7-14/h1-9,11H,10,12H2,(H,21,25)(H,22,23,24). The minimum atomic E-state index is -0.321. The first-order valence-electron chi connectivity index (χ1n) is 7.92. The molecule has 0 fully saturated rings. The summed E-state index contributed by atoms with van der Waals surface area (Å²) in [5, 5.41) is 6.47. The summed E-state index contributed by atoms with van der Waals surface area (Å²) in [6, 6.07) is 16.4. The zero-order valence-corrected chi connectivity index (χ0v) is 15.3. The third kappa shape index (κ3) is 5.15. The van der Waals surface area contributed by atoms with Gasteiger partial charge in [0.15, 0.2) is 5.13 Å². The van der Waals surface area contributed by atoms with Crippen molar-refractivity contribution in [3.05, 3.63) is 81.8 Å². The van der Waals surface area contributed by atoms with Crippen molar-refractivity contribution in [3.63, 3.8) is 0 Å². The van der Waals surface area contributed by atoms with Crippen molar-refractivity contribution < 1.29 is 9.59 Å². The molecule has 0 spiro atoms. The Bertz CT molecular complexity index is 912. The number of thiazole rings is 1. The SMILES string of the molecule is O=C(CNC(=O)c1ccccc1)Nc1ncc(Cc2cccc(Cl)c2)s1. The van der Waals surface area contributed by atoms with Crippen molar-refractivity contribution in [2.24, 2.45) is 0 Å². The summed E-state index contributed by atoms with van der Waals surface area (Å²) in [6.07, 6.45) is 2.42. The van der Waals surface area contributed by atoms with Gasteiger partial charge in [-0.25, -0.2) is 4.98 Å². The Morgan fingerprint density at radius 2 is 1.88 bits per heavy atom. The molecule has 7 heteroatoms. The molecule has 1 aromatic heterocycles. The molecule has 1 heterocycles. The minimum absolute atomic E-state index is 0.114. The van der Waals surface area contributed by atoms with Crippen LogP contribution in [0.1, 0.15) is 20.8 Å². The van der Waals surface area contributed by atoms with Gasteiger partial charge in [-0.1, -0.05) is 41.9 Å². The van der Waals surface area contributed by atoms with Gasteiger partial charge < -0.3 is 10.6 Å². The van der Waals surface area contributed by atoms with E-state index in [1.807, 2.05) is 30.3 Å². The fraction of sp³-hybridized carbons (Fsp3) is 0.105. The lowest BCUT2D eigenvalue weighted by atomic mass is 10.1. The number of anilines is 1. The Balaban J connectivity index is 1.50. The molecular formula is C19H16ClN3O2S. The van der Waals surface area contributed by atoms with Crippen molar-refractivity contribution >= 4 is 39.9 Å². The van der Waals surface area contributed by atoms with E-state index in [2.05, 4.69) is 15.6 Å². The molecule has 2 N–H and O–H groups in total. The van der Waals surface area contributed by atoms with E-state index >= 15 is 0 Å². The summed E-state index contributed by atoms with van der Waals surface area (Å²) in [5.74, 6) is -0.612. The highest BCUT2D eigenvalue weighted by Crippen LogP contribution is 2.22. The second-order valence-corrected chi connectivity index (χ2v) is 7.09. The molecule has 0 aliphatic heterocycles. The summed E-state index contributed by atoms with van der Waals surface area (Å²) in [6.45, 7) is -0.114. The first-order valence-corrected chi connectivity index (χ1v) is 9.12. The molecule has 0 bridgehead atoms. The first-order chi connectivity index (χ1) is 12.6. The molecule has 0 aliphatic rings. The predicted octanol–water partition coefficient (Wildman–Crippen LogP) is 3.76. The maximum atomic E-state index is 12.0. The Morgan fingerprint density at radius 3 is 2.65 bits per heavy atom. The van der Waals surface area contributed by atoms with Gasteiger partial charge in [-0.2, -0.15) is 0 Å². The van der Waals surface area contributed by atoms with Crippen LogP contribution in [0.3, 0.4) is 0 Å². The number of carbonyl (C=O) groups excluding carboxylic acids is 2. The molecule has 2 amide bonds. The van der Waals surface area contributed by atoms with E-state index in [1.165, 1.54) is 11.3 Å². The Kier molecular flexibility index (Phi) is 5.99. The number of nitrogens with zero attached hydrogens (tertiary/aromatic N) is 1. The quantitative estimate of drug-likeness (QED) is 0.678. The van der Waals surface area contributed by atoms with E-state index in [9.17, 15) is 9.59 Å². The number of hydrogen-bond donors (Lipinski definition) is 2. The molecule has 0 saturated carbocycles. The number of benzene rings is 2. The number of halogens is 1. The van der Waals surface area contributed by atoms with E-state index in [-0.39, 0.29) is 18.4 Å². The molecule has 0 radical (unpaired) electrons. The van der Waals surface area contributed by atoms with Gasteiger partial charge in [0.1, 0.15) is 0 Å². The lowest BCUT2D eigenvalue weighted by Crippen LogP contribution is -2.32. The molecule has 0 atom stereocenters. The van der Waals surface area contributed by atoms with E-state index in [0.717, 1.165) is 10.4 Å². The van der Waals surface area contributed by atoms with Gasteiger partial charge in [0.2, 0.25) is 5.91 Å². The second kappa shape index (κ2) is 8.60. The summed E-state index contributed by atoms with van der Waals surface area (Å²) < 4.78 is 0. The molecule has 26 heavy (non-hydrogen) atoms. The number of hydrogen-bond acceptors (Lipinski definition) is 4. The lowest BCUT2D eigenvalue weighted by Gasteiger charge is -2.04. The highest BCUT2D eigenvalue weighted by molar-refractivity contribution is 7.15. The second-order valence-electron chi connectivity index (χ2n) is 5.54. The molecule has 3 rings (SSSR count). The fourth-order valence-corrected chi connectivity index (χ4v) is 3.39. The predicted molar refractivity (Wildman–Crippen MR) is 104 cm³/mol. The van der Waals surface area contributed by atoms with Gasteiger partial charge in [0, 0.05) is 28.1 Å². The molecule has 0 aliphatic carbocycles. The minimum Gasteiger partial charge on any atom is -0.343 e. The average Bonchev–Trinajstić information content (AvgIpc) is 3.07. The Hall–Kier alpha value is -2.70. The van der Waals surface area contributed by atoms with Crippen LogP contribution in [0.5, 0.6) is 0 Å². The van der Waals surface area contributed by atoms with E-state index in [0.29, 0.717) is 22.1 Å². The normalized spacial score (nSPS) is 10.3. The van der Waals surface area contributed by atoms with Crippen LogP contribution >= 0.6 is 22.9 Å². The maximum absolute atomic E-state index is 12.0. The van der Waals surface area contributed by atoms with Crippen molar-refractivity contribution in [2.45, 2.75) is 6.42 Å². The van der Waals surface area contributed by atoms with Crippen LogP contribution in [-0.2, 0) is 11.2 Å². The molecule has 0 unspecified atom stereocenters. The zero-order chi connectivity index (χ0) is 18.4. The molecule has 5 nitrogen and oxygen atoms in total.